The summed E-state index contributed by atoms with van der Waals surface area (Å²) in [5.74, 6) is -0.257. The Morgan fingerprint density at radius 2 is 1.52 bits per heavy atom. The van der Waals surface area contributed by atoms with Crippen LogP contribution in [0.15, 0.2) is 12.2 Å². The molecule has 0 bridgehead atoms. The van der Waals surface area contributed by atoms with E-state index < -0.39 is 15.6 Å². The van der Waals surface area contributed by atoms with Gasteiger partial charge in [-0.25, -0.2) is 13.6 Å². The van der Waals surface area contributed by atoms with Crippen molar-refractivity contribution in [3.8, 4) is 0 Å². The molecule has 124 valence electrons. The van der Waals surface area contributed by atoms with Crippen LogP contribution in [0.4, 0.5) is 8.78 Å². The second-order valence-corrected chi connectivity index (χ2v) is 7.28. The SMILES string of the molecule is CC=CC(=O)OCCCCCCCCCCC[SiH2]C(F)F. The Bertz CT molecular complexity index is 271. The maximum atomic E-state index is 12.0. The molecule has 0 saturated heterocycles. The minimum absolute atomic E-state index is 0.257. The number of allylic oxidation sites excluding steroid dienone is 1. The number of rotatable bonds is 14. The molecule has 21 heavy (non-hydrogen) atoms. The number of carbonyl (C=O) groups is 1. The number of alkyl halides is 2. The Balaban J connectivity index is 3.07. The lowest BCUT2D eigenvalue weighted by Gasteiger charge is -2.03. The van der Waals surface area contributed by atoms with Crippen LogP contribution in [0.25, 0.3) is 0 Å². The van der Waals surface area contributed by atoms with Gasteiger partial charge in [0.1, 0.15) is 9.52 Å². The predicted octanol–water partition coefficient (Wildman–Crippen LogP) is 4.43. The maximum Gasteiger partial charge on any atom is 0.330 e. The minimum atomic E-state index is -2.00. The third-order valence-corrected chi connectivity index (χ3v) is 4.71. The van der Waals surface area contributed by atoms with E-state index in [4.69, 9.17) is 4.74 Å². The second-order valence-electron chi connectivity index (χ2n) is 5.38. The molecule has 0 aliphatic heterocycles. The van der Waals surface area contributed by atoms with E-state index in [2.05, 4.69) is 0 Å². The molecule has 0 fully saturated rings. The number of hydrogen-bond acceptors (Lipinski definition) is 2. The van der Waals surface area contributed by atoms with Gasteiger partial charge in [-0.05, 0) is 13.3 Å². The predicted molar refractivity (Wildman–Crippen MR) is 86.7 cm³/mol. The molecule has 0 aromatic carbocycles. The molecule has 0 saturated carbocycles. The van der Waals surface area contributed by atoms with Crippen LogP contribution in [0, 0.1) is 0 Å². The van der Waals surface area contributed by atoms with E-state index in [1.165, 1.54) is 38.2 Å². The van der Waals surface area contributed by atoms with Crippen molar-refractivity contribution in [3.63, 3.8) is 0 Å². The van der Waals surface area contributed by atoms with Gasteiger partial charge >= 0.3 is 5.97 Å². The van der Waals surface area contributed by atoms with E-state index >= 15 is 0 Å². The summed E-state index contributed by atoms with van der Waals surface area (Å²) in [6.07, 6.45) is 13.3. The lowest BCUT2D eigenvalue weighted by atomic mass is 10.1. The number of ether oxygens (including phenoxy) is 1. The summed E-state index contributed by atoms with van der Waals surface area (Å²) < 4.78 is 28.9. The van der Waals surface area contributed by atoms with Crippen molar-refractivity contribution in [2.75, 3.05) is 6.61 Å². The lowest BCUT2D eigenvalue weighted by molar-refractivity contribution is -0.137. The highest BCUT2D eigenvalue weighted by molar-refractivity contribution is 6.36. The quantitative estimate of drug-likeness (QED) is 0.205. The molecule has 0 aliphatic carbocycles. The van der Waals surface area contributed by atoms with Crippen molar-refractivity contribution in [1.29, 1.82) is 0 Å². The normalized spacial score (nSPS) is 12.0. The first-order chi connectivity index (χ1) is 10.2. The highest BCUT2D eigenvalue weighted by Gasteiger charge is 2.02. The smallest absolute Gasteiger partial charge is 0.330 e. The summed E-state index contributed by atoms with van der Waals surface area (Å²) in [6.45, 7) is 2.30. The van der Waals surface area contributed by atoms with E-state index in [0.717, 1.165) is 31.7 Å². The zero-order valence-corrected chi connectivity index (χ0v) is 14.7. The molecule has 0 heterocycles. The average Bonchev–Trinajstić information content (AvgIpc) is 2.44. The summed E-state index contributed by atoms with van der Waals surface area (Å²) in [6, 6.07) is -1.20. The first-order valence-corrected chi connectivity index (χ1v) is 10.1. The van der Waals surface area contributed by atoms with Crippen LogP contribution >= 0.6 is 0 Å². The minimum Gasteiger partial charge on any atom is -0.463 e. The summed E-state index contributed by atoms with van der Waals surface area (Å²) in [4.78, 5) is 11.0. The van der Waals surface area contributed by atoms with Crippen molar-refractivity contribution in [2.45, 2.75) is 76.8 Å². The first-order valence-electron chi connectivity index (χ1n) is 8.24. The molecule has 0 rings (SSSR count). The first kappa shape index (κ1) is 20.3. The van der Waals surface area contributed by atoms with Gasteiger partial charge in [-0.3, -0.25) is 0 Å². The number of carbonyl (C=O) groups excluding carboxylic acids is 1. The molecule has 0 aromatic heterocycles. The van der Waals surface area contributed by atoms with Crippen LogP contribution in [0.3, 0.4) is 0 Å². The highest BCUT2D eigenvalue weighted by atomic mass is 28.2. The molecule has 0 aliphatic rings. The van der Waals surface area contributed by atoms with Crippen LogP contribution in [0.5, 0.6) is 0 Å². The summed E-state index contributed by atoms with van der Waals surface area (Å²) in [5, 5.41) is 0. The van der Waals surface area contributed by atoms with Gasteiger partial charge in [-0.2, -0.15) is 0 Å². The molecular weight excluding hydrogens is 290 g/mol. The summed E-state index contributed by atoms with van der Waals surface area (Å²) in [7, 11) is -1.09. The van der Waals surface area contributed by atoms with Gasteiger partial charge in [0.2, 0.25) is 6.05 Å². The Kier molecular flexibility index (Phi) is 15.1. The van der Waals surface area contributed by atoms with Crippen LogP contribution in [-0.2, 0) is 9.53 Å². The van der Waals surface area contributed by atoms with E-state index in [-0.39, 0.29) is 5.97 Å². The fourth-order valence-corrected chi connectivity index (χ4v) is 3.12. The Hall–Kier alpha value is -0.713. The van der Waals surface area contributed by atoms with Gasteiger partial charge in [-0.15, -0.1) is 0 Å². The van der Waals surface area contributed by atoms with Crippen LogP contribution in [0.1, 0.15) is 64.7 Å². The summed E-state index contributed by atoms with van der Waals surface area (Å²) >= 11 is 0. The van der Waals surface area contributed by atoms with E-state index in [9.17, 15) is 13.6 Å². The van der Waals surface area contributed by atoms with Crippen molar-refractivity contribution < 1.29 is 18.3 Å². The third-order valence-electron chi connectivity index (χ3n) is 3.36. The molecule has 0 radical (unpaired) electrons. The zero-order chi connectivity index (χ0) is 15.8. The molecule has 0 N–H and O–H groups in total. The van der Waals surface area contributed by atoms with Gasteiger partial charge in [0.25, 0.3) is 0 Å². The van der Waals surface area contributed by atoms with E-state index in [1.807, 2.05) is 0 Å². The van der Waals surface area contributed by atoms with E-state index in [0.29, 0.717) is 6.61 Å². The molecule has 0 atom stereocenters. The molecule has 0 amide bonds. The van der Waals surface area contributed by atoms with Crippen LogP contribution in [0.2, 0.25) is 6.04 Å². The van der Waals surface area contributed by atoms with Crippen LogP contribution < -0.4 is 0 Å². The molecule has 0 spiro atoms. The van der Waals surface area contributed by atoms with Gasteiger partial charge in [0.05, 0.1) is 6.61 Å². The lowest BCUT2D eigenvalue weighted by Crippen LogP contribution is -2.02. The van der Waals surface area contributed by atoms with Gasteiger partial charge in [0.15, 0.2) is 0 Å². The van der Waals surface area contributed by atoms with Gasteiger partial charge < -0.3 is 4.74 Å². The van der Waals surface area contributed by atoms with E-state index in [1.54, 1.807) is 13.0 Å². The Morgan fingerprint density at radius 1 is 1.00 bits per heavy atom. The maximum absolute atomic E-state index is 12.0. The molecule has 2 nitrogen and oxygen atoms in total. The van der Waals surface area contributed by atoms with Crippen LogP contribution in [-0.4, -0.2) is 28.1 Å². The zero-order valence-electron chi connectivity index (χ0n) is 13.3. The van der Waals surface area contributed by atoms with Gasteiger partial charge in [-0.1, -0.05) is 63.5 Å². The Morgan fingerprint density at radius 3 is 2.05 bits per heavy atom. The fraction of sp³-hybridized carbons (Fsp3) is 0.812. The number of unbranched alkanes of at least 4 members (excludes halogenated alkanes) is 8. The van der Waals surface area contributed by atoms with Crippen molar-refractivity contribution in [1.82, 2.24) is 0 Å². The van der Waals surface area contributed by atoms with Crippen molar-refractivity contribution >= 4 is 15.5 Å². The van der Waals surface area contributed by atoms with Crippen molar-refractivity contribution in [3.05, 3.63) is 12.2 Å². The fourth-order valence-electron chi connectivity index (χ4n) is 2.17. The monoisotopic (exact) mass is 320 g/mol. The van der Waals surface area contributed by atoms with Crippen molar-refractivity contribution in [2.24, 2.45) is 0 Å². The average molecular weight is 320 g/mol. The third kappa shape index (κ3) is 17.2. The molecule has 0 unspecified atom stereocenters. The Labute approximate surface area is 130 Å². The largest absolute Gasteiger partial charge is 0.463 e. The molecular formula is C16H30F2O2Si. The number of hydrogen-bond donors (Lipinski definition) is 0. The summed E-state index contributed by atoms with van der Waals surface area (Å²) in [5.41, 5.74) is 0. The van der Waals surface area contributed by atoms with Gasteiger partial charge in [0, 0.05) is 6.08 Å². The molecule has 5 heteroatoms. The second kappa shape index (κ2) is 15.7. The number of halogens is 2. The standard InChI is InChI=1S/C16H30F2O2Si/c1-2-12-15(19)20-13-10-8-6-4-3-5-7-9-11-14-21-16(17)18/h2,12,16H,3-11,13-14,21H2,1H3. The topological polar surface area (TPSA) is 26.3 Å². The number of esters is 1. The highest BCUT2D eigenvalue weighted by Crippen LogP contribution is 2.11. The molecule has 0 aromatic rings.